The Balaban J connectivity index is 0.000000288. The predicted octanol–water partition coefficient (Wildman–Crippen LogP) is 7.84. The first-order chi connectivity index (χ1) is 18.2. The second-order valence-corrected chi connectivity index (χ2v) is 11.9. The molecule has 1 saturated heterocycles. The highest BCUT2D eigenvalue weighted by Crippen LogP contribution is 2.43. The summed E-state index contributed by atoms with van der Waals surface area (Å²) in [6, 6.07) is 16.9. The molecule has 214 valence electrons. The molecule has 2 aromatic rings. The minimum absolute atomic E-state index is 0.0823. The second-order valence-electron chi connectivity index (χ2n) is 11.9. The predicted molar refractivity (Wildman–Crippen MR) is 167 cm³/mol. The molecule has 4 heteroatoms. The fraction of sp³-hybridized carbons (Fsp3) is 0.486. The van der Waals surface area contributed by atoms with Crippen LogP contribution in [-0.4, -0.2) is 29.7 Å². The van der Waals surface area contributed by atoms with Crippen molar-refractivity contribution in [2.24, 2.45) is 11.3 Å². The van der Waals surface area contributed by atoms with Gasteiger partial charge < -0.3 is 15.0 Å². The maximum atomic E-state index is 12.2. The van der Waals surface area contributed by atoms with Gasteiger partial charge >= 0.3 is 0 Å². The van der Waals surface area contributed by atoms with Crippen LogP contribution in [0.2, 0.25) is 0 Å². The normalized spacial score (nSPS) is 19.1. The van der Waals surface area contributed by atoms with Crippen molar-refractivity contribution in [1.82, 2.24) is 10.2 Å². The zero-order valence-electron chi connectivity index (χ0n) is 26.0. The van der Waals surface area contributed by atoms with Crippen LogP contribution in [0.15, 0.2) is 73.1 Å². The largest absolute Gasteiger partial charge is 0.346 e. The molecule has 0 aromatic heterocycles. The fourth-order valence-electron chi connectivity index (χ4n) is 3.89. The number of hydrogen-bond acceptors (Lipinski definition) is 3. The van der Waals surface area contributed by atoms with E-state index in [1.165, 1.54) is 47.6 Å². The molecular weight excluding hydrogens is 480 g/mol. The zero-order chi connectivity index (χ0) is 29.8. The molecule has 4 nitrogen and oxygen atoms in total. The summed E-state index contributed by atoms with van der Waals surface area (Å²) in [5, 5.41) is 2.84. The number of rotatable bonds is 2. The van der Waals surface area contributed by atoms with E-state index in [2.05, 4.69) is 102 Å². The number of allylic oxidation sites excluding steroid dienone is 1. The Morgan fingerprint density at radius 3 is 1.92 bits per heavy atom. The molecule has 1 saturated carbocycles. The van der Waals surface area contributed by atoms with Gasteiger partial charge in [0.25, 0.3) is 5.91 Å². The SMILES string of the molecule is C=C(C)C(C)C.C=C1NC(=O)C2(Cc3ccc(C)cc3C2)N1C.CC1(C)CC1.CC=O.CCc1ccccc1. The van der Waals surface area contributed by atoms with Crippen LogP contribution in [0.4, 0.5) is 0 Å². The Labute approximate surface area is 238 Å². The van der Waals surface area contributed by atoms with Crippen LogP contribution >= 0.6 is 0 Å². The van der Waals surface area contributed by atoms with Gasteiger partial charge in [-0.3, -0.25) is 4.79 Å². The monoisotopic (exact) mass is 532 g/mol. The molecule has 1 atom stereocenters. The van der Waals surface area contributed by atoms with Gasteiger partial charge in [0.2, 0.25) is 0 Å². The lowest BCUT2D eigenvalue weighted by Gasteiger charge is -2.29. The number of hydrogen-bond donors (Lipinski definition) is 1. The summed E-state index contributed by atoms with van der Waals surface area (Å²) in [4.78, 5) is 23.0. The second kappa shape index (κ2) is 15.5. The Hall–Kier alpha value is -3.14. The highest BCUT2D eigenvalue weighted by molar-refractivity contribution is 5.92. The van der Waals surface area contributed by atoms with Crippen LogP contribution < -0.4 is 5.32 Å². The number of amides is 1. The summed E-state index contributed by atoms with van der Waals surface area (Å²) >= 11 is 0. The topological polar surface area (TPSA) is 49.4 Å². The molecule has 39 heavy (non-hydrogen) atoms. The van der Waals surface area contributed by atoms with Crippen molar-refractivity contribution in [3.8, 4) is 0 Å². The molecule has 2 fully saturated rings. The van der Waals surface area contributed by atoms with E-state index in [0.717, 1.165) is 31.0 Å². The molecule has 1 amide bonds. The fourth-order valence-corrected chi connectivity index (χ4v) is 3.89. The van der Waals surface area contributed by atoms with Crippen LogP contribution in [-0.2, 0) is 28.9 Å². The van der Waals surface area contributed by atoms with Crippen molar-refractivity contribution in [1.29, 1.82) is 0 Å². The standard InChI is InChI=1S/C14H16N2O.C8H10.C6H12.C5H10.C2H4O/c1-9-4-5-11-7-14(8-12(11)6-9)13(17)15-10(2)16(14)3;1-2-8-6-4-3-5-7-8;1-5(2)6(3)4;1-5(2)3-4-5;1-2-3/h4-6H,2,7-8H2,1,3H3,(H,15,17);3-7H,2H2,1H3;6H,1H2,2-4H3;3-4H2,1-2H3;2H,1H3. The summed E-state index contributed by atoms with van der Waals surface area (Å²) in [5.74, 6) is 1.45. The Morgan fingerprint density at radius 1 is 1.08 bits per heavy atom. The number of nitrogens with zero attached hydrogens (tertiary/aromatic N) is 1. The average molecular weight is 533 g/mol. The third-order valence-electron chi connectivity index (χ3n) is 7.54. The molecule has 1 heterocycles. The van der Waals surface area contributed by atoms with E-state index in [0.29, 0.717) is 11.7 Å². The summed E-state index contributed by atoms with van der Waals surface area (Å²) < 4.78 is 0. The third-order valence-corrected chi connectivity index (χ3v) is 7.54. The Morgan fingerprint density at radius 2 is 1.56 bits per heavy atom. The molecule has 1 aliphatic heterocycles. The van der Waals surface area contributed by atoms with E-state index in [4.69, 9.17) is 4.79 Å². The van der Waals surface area contributed by atoms with E-state index in [1.807, 2.05) is 24.9 Å². The van der Waals surface area contributed by atoms with Crippen LogP contribution in [0.5, 0.6) is 0 Å². The number of carbonyl (C=O) groups is 2. The molecule has 2 aromatic carbocycles. The number of carbonyl (C=O) groups excluding carboxylic acids is 2. The van der Waals surface area contributed by atoms with Crippen LogP contribution in [0.25, 0.3) is 0 Å². The van der Waals surface area contributed by atoms with Gasteiger partial charge in [0.15, 0.2) is 0 Å². The van der Waals surface area contributed by atoms with Crippen molar-refractivity contribution in [2.75, 3.05) is 7.05 Å². The van der Waals surface area contributed by atoms with Crippen molar-refractivity contribution >= 4 is 12.2 Å². The molecular formula is C35H52N2O2. The highest BCUT2D eigenvalue weighted by atomic mass is 16.2. The van der Waals surface area contributed by atoms with Crippen molar-refractivity contribution < 1.29 is 9.59 Å². The Bertz CT molecular complexity index is 1090. The summed E-state index contributed by atoms with van der Waals surface area (Å²) in [6.07, 6.45) is 6.36. The van der Waals surface area contributed by atoms with Crippen LogP contribution in [0, 0.1) is 18.3 Å². The molecule has 5 rings (SSSR count). The van der Waals surface area contributed by atoms with Crippen molar-refractivity contribution in [3.63, 3.8) is 0 Å². The number of likely N-dealkylation sites (N-methyl/N-ethyl adjacent to an activating group) is 1. The van der Waals surface area contributed by atoms with Gasteiger partial charge in [-0.1, -0.05) is 107 Å². The van der Waals surface area contributed by atoms with E-state index >= 15 is 0 Å². The minimum atomic E-state index is -0.437. The van der Waals surface area contributed by atoms with Gasteiger partial charge in [-0.05, 0) is 68.1 Å². The maximum Gasteiger partial charge on any atom is 0.252 e. The number of aryl methyl sites for hydroxylation is 2. The molecule has 1 N–H and O–H groups in total. The van der Waals surface area contributed by atoms with Crippen LogP contribution in [0.3, 0.4) is 0 Å². The maximum absolute atomic E-state index is 12.2. The first-order valence-corrected chi connectivity index (χ1v) is 14.1. The first-order valence-electron chi connectivity index (χ1n) is 14.1. The smallest absolute Gasteiger partial charge is 0.252 e. The highest BCUT2D eigenvalue weighted by Gasteiger charge is 2.51. The van der Waals surface area contributed by atoms with Gasteiger partial charge in [0.05, 0.1) is 0 Å². The van der Waals surface area contributed by atoms with Gasteiger partial charge in [0.1, 0.15) is 17.6 Å². The molecule has 1 spiro atoms. The lowest BCUT2D eigenvalue weighted by Crippen LogP contribution is -2.47. The van der Waals surface area contributed by atoms with Gasteiger partial charge in [-0.25, -0.2) is 0 Å². The molecule has 2 aliphatic carbocycles. The molecule has 0 bridgehead atoms. The van der Waals surface area contributed by atoms with E-state index in [-0.39, 0.29) is 5.91 Å². The van der Waals surface area contributed by atoms with Crippen molar-refractivity contribution in [2.45, 2.75) is 93.0 Å². The average Bonchev–Trinajstić information content (AvgIpc) is 3.38. The third kappa shape index (κ3) is 10.9. The molecule has 0 radical (unpaired) electrons. The lowest BCUT2D eigenvalue weighted by molar-refractivity contribution is -0.125. The van der Waals surface area contributed by atoms with Gasteiger partial charge in [-0.15, -0.1) is 0 Å². The van der Waals surface area contributed by atoms with E-state index in [9.17, 15) is 4.79 Å². The molecule has 1 unspecified atom stereocenters. The summed E-state index contributed by atoms with van der Waals surface area (Å²) in [6.45, 7) is 24.3. The van der Waals surface area contributed by atoms with Crippen molar-refractivity contribution in [3.05, 3.63) is 95.3 Å². The summed E-state index contributed by atoms with van der Waals surface area (Å²) in [7, 11) is 1.94. The quantitative estimate of drug-likeness (QED) is 0.316. The number of fused-ring (bicyclic) bond motifs is 1. The summed E-state index contributed by atoms with van der Waals surface area (Å²) in [5.41, 5.74) is 6.81. The minimum Gasteiger partial charge on any atom is -0.346 e. The number of benzene rings is 2. The van der Waals surface area contributed by atoms with Gasteiger partial charge in [-0.2, -0.15) is 0 Å². The molecule has 3 aliphatic rings. The lowest BCUT2D eigenvalue weighted by atomic mass is 9.94. The van der Waals surface area contributed by atoms with E-state index in [1.54, 1.807) is 0 Å². The zero-order valence-corrected chi connectivity index (χ0v) is 26.0. The first kappa shape index (κ1) is 33.9. The van der Waals surface area contributed by atoms with E-state index < -0.39 is 5.54 Å². The Kier molecular flexibility index (Phi) is 13.4. The number of aldehydes is 1. The van der Waals surface area contributed by atoms with Gasteiger partial charge in [0, 0.05) is 19.9 Å². The van der Waals surface area contributed by atoms with Crippen LogP contribution in [0.1, 0.15) is 83.6 Å². The number of nitrogens with one attached hydrogen (secondary N) is 1.